The maximum absolute atomic E-state index is 13.7. The summed E-state index contributed by atoms with van der Waals surface area (Å²) in [6.45, 7) is 3.65. The van der Waals surface area contributed by atoms with Gasteiger partial charge in [0, 0.05) is 17.7 Å². The van der Waals surface area contributed by atoms with Crippen molar-refractivity contribution < 1.29 is 17.6 Å². The lowest BCUT2D eigenvalue weighted by atomic mass is 10.0. The second-order valence-electron chi connectivity index (χ2n) is 6.58. The number of halogens is 1. The molecule has 1 aliphatic heterocycles. The molecule has 1 aliphatic rings. The molecule has 0 radical (unpaired) electrons. The summed E-state index contributed by atoms with van der Waals surface area (Å²) in [6.07, 6.45) is 0. The van der Waals surface area contributed by atoms with E-state index in [0.29, 0.717) is 11.1 Å². The van der Waals surface area contributed by atoms with Crippen molar-refractivity contribution >= 4 is 21.8 Å². The molecule has 0 saturated carbocycles. The van der Waals surface area contributed by atoms with E-state index in [1.165, 1.54) is 12.1 Å². The third kappa shape index (κ3) is 4.00. The Morgan fingerprint density at radius 3 is 2.52 bits per heavy atom. The van der Waals surface area contributed by atoms with E-state index in [1.54, 1.807) is 36.4 Å². The number of amides is 1. The fourth-order valence-electron chi connectivity index (χ4n) is 2.81. The second-order valence-corrected chi connectivity index (χ2v) is 8.23. The zero-order valence-corrected chi connectivity index (χ0v) is 15.8. The van der Waals surface area contributed by atoms with Crippen LogP contribution in [0.2, 0.25) is 0 Å². The summed E-state index contributed by atoms with van der Waals surface area (Å²) >= 11 is 0. The molecule has 1 unspecified atom stereocenters. The highest BCUT2D eigenvalue weighted by Gasteiger charge is 2.32. The van der Waals surface area contributed by atoms with E-state index in [-0.39, 0.29) is 23.2 Å². The molecule has 1 atom stereocenters. The van der Waals surface area contributed by atoms with Gasteiger partial charge in [-0.2, -0.15) is 0 Å². The molecule has 0 saturated heterocycles. The van der Waals surface area contributed by atoms with Crippen LogP contribution in [0.4, 0.5) is 4.39 Å². The number of nitrogens with zero attached hydrogens (tertiary/aromatic N) is 1. The van der Waals surface area contributed by atoms with Crippen LogP contribution >= 0.6 is 0 Å². The zero-order chi connectivity index (χ0) is 19.6. The van der Waals surface area contributed by atoms with Crippen LogP contribution in [-0.2, 0) is 21.4 Å². The molecule has 2 aromatic rings. The van der Waals surface area contributed by atoms with Gasteiger partial charge in [0.1, 0.15) is 17.7 Å². The maximum Gasteiger partial charge on any atom is 0.263 e. The van der Waals surface area contributed by atoms with E-state index in [4.69, 9.17) is 0 Å². The van der Waals surface area contributed by atoms with Gasteiger partial charge in [0.05, 0.1) is 4.90 Å². The van der Waals surface area contributed by atoms with E-state index in [2.05, 4.69) is 15.0 Å². The Morgan fingerprint density at radius 1 is 1.15 bits per heavy atom. The van der Waals surface area contributed by atoms with E-state index < -0.39 is 27.8 Å². The molecule has 8 heteroatoms. The lowest BCUT2D eigenvalue weighted by Gasteiger charge is -2.17. The number of rotatable bonds is 5. The van der Waals surface area contributed by atoms with Crippen LogP contribution in [0.5, 0.6) is 0 Å². The predicted octanol–water partition coefficient (Wildman–Crippen LogP) is 2.21. The third-order valence-corrected chi connectivity index (χ3v) is 5.64. The van der Waals surface area contributed by atoms with Gasteiger partial charge >= 0.3 is 0 Å². The van der Waals surface area contributed by atoms with Crippen molar-refractivity contribution in [1.82, 2.24) is 10.0 Å². The first-order chi connectivity index (χ1) is 12.8. The molecular formula is C19H20FN3O3S. The Labute approximate surface area is 157 Å². The monoisotopic (exact) mass is 389 g/mol. The van der Waals surface area contributed by atoms with Crippen LogP contribution in [0.15, 0.2) is 58.4 Å². The van der Waals surface area contributed by atoms with Crippen molar-refractivity contribution in [3.05, 3.63) is 65.5 Å². The molecule has 0 bridgehead atoms. The van der Waals surface area contributed by atoms with Gasteiger partial charge in [0.2, 0.25) is 5.91 Å². The van der Waals surface area contributed by atoms with Crippen molar-refractivity contribution in [2.75, 3.05) is 0 Å². The summed E-state index contributed by atoms with van der Waals surface area (Å²) in [5.74, 6) is -0.840. The summed E-state index contributed by atoms with van der Waals surface area (Å²) in [5, 5.41) is 2.68. The number of amidine groups is 1. The van der Waals surface area contributed by atoms with Crippen molar-refractivity contribution in [2.24, 2.45) is 10.9 Å². The van der Waals surface area contributed by atoms with E-state index in [0.717, 1.165) is 0 Å². The molecular weight excluding hydrogens is 369 g/mol. The topological polar surface area (TPSA) is 87.6 Å². The Bertz CT molecular complexity index is 1000. The minimum Gasteiger partial charge on any atom is -0.350 e. The summed E-state index contributed by atoms with van der Waals surface area (Å²) < 4.78 is 40.5. The van der Waals surface area contributed by atoms with Gasteiger partial charge in [-0.25, -0.2) is 12.8 Å². The number of aliphatic imine (C=N–C) groups is 1. The average molecular weight is 389 g/mol. The molecule has 0 aromatic heterocycles. The first kappa shape index (κ1) is 19.0. The van der Waals surface area contributed by atoms with Crippen LogP contribution in [0, 0.1) is 11.7 Å². The van der Waals surface area contributed by atoms with Crippen LogP contribution in [0.3, 0.4) is 0 Å². The molecule has 1 amide bonds. The van der Waals surface area contributed by atoms with Gasteiger partial charge in [0.15, 0.2) is 0 Å². The number of carbonyl (C=O) groups is 1. The van der Waals surface area contributed by atoms with Gasteiger partial charge < -0.3 is 5.32 Å². The summed E-state index contributed by atoms with van der Waals surface area (Å²) in [5.41, 5.74) is 0.804. The number of nitrogens with one attached hydrogen (secondary N) is 2. The number of sulfonamides is 1. The molecule has 0 spiro atoms. The van der Waals surface area contributed by atoms with Crippen LogP contribution in [-0.4, -0.2) is 26.2 Å². The summed E-state index contributed by atoms with van der Waals surface area (Å²) in [4.78, 5) is 17.1. The quantitative estimate of drug-likeness (QED) is 0.822. The largest absolute Gasteiger partial charge is 0.350 e. The maximum atomic E-state index is 13.7. The predicted molar refractivity (Wildman–Crippen MR) is 100 cm³/mol. The van der Waals surface area contributed by atoms with Gasteiger partial charge in [-0.1, -0.05) is 44.2 Å². The van der Waals surface area contributed by atoms with Gasteiger partial charge in [0.25, 0.3) is 10.0 Å². The second kappa shape index (κ2) is 7.48. The number of hydrogen-bond donors (Lipinski definition) is 2. The number of carbonyl (C=O) groups excluding carboxylic acids is 1. The SMILES string of the molecule is CC(C)C(N=C1NS(=O)(=O)c2ccccc21)C(=O)NCc1ccccc1F. The smallest absolute Gasteiger partial charge is 0.263 e. The van der Waals surface area contributed by atoms with Crippen molar-refractivity contribution in [3.63, 3.8) is 0 Å². The molecule has 0 fully saturated rings. The summed E-state index contributed by atoms with van der Waals surface area (Å²) in [7, 11) is -3.67. The Kier molecular flexibility index (Phi) is 5.27. The normalized spacial score (nSPS) is 17.4. The first-order valence-electron chi connectivity index (χ1n) is 8.51. The number of benzene rings is 2. The molecule has 1 heterocycles. The highest BCUT2D eigenvalue weighted by molar-refractivity contribution is 7.90. The number of hydrogen-bond acceptors (Lipinski definition) is 4. The molecule has 27 heavy (non-hydrogen) atoms. The van der Waals surface area contributed by atoms with Gasteiger partial charge in [-0.3, -0.25) is 14.5 Å². The molecule has 142 valence electrons. The zero-order valence-electron chi connectivity index (χ0n) is 14.9. The standard InChI is InChI=1S/C19H20FN3O3S/c1-12(2)17(19(24)21-11-13-7-3-5-9-15(13)20)22-18-14-8-4-6-10-16(14)27(25,26)23-18/h3-10,12,17H,11H2,1-2H3,(H,21,24)(H,22,23). The van der Waals surface area contributed by atoms with E-state index >= 15 is 0 Å². The fraction of sp³-hybridized carbons (Fsp3) is 0.263. The van der Waals surface area contributed by atoms with Crippen molar-refractivity contribution in [2.45, 2.75) is 31.3 Å². The fourth-order valence-corrected chi connectivity index (χ4v) is 4.05. The lowest BCUT2D eigenvalue weighted by Crippen LogP contribution is -2.38. The van der Waals surface area contributed by atoms with Crippen molar-refractivity contribution in [1.29, 1.82) is 0 Å². The summed E-state index contributed by atoms with van der Waals surface area (Å²) in [6, 6.07) is 11.8. The first-order valence-corrected chi connectivity index (χ1v) is 9.99. The third-order valence-electron chi connectivity index (χ3n) is 4.24. The minimum absolute atomic E-state index is 0.0297. The van der Waals surface area contributed by atoms with Crippen LogP contribution in [0.25, 0.3) is 0 Å². The molecule has 2 N–H and O–H groups in total. The Morgan fingerprint density at radius 2 is 1.81 bits per heavy atom. The van der Waals surface area contributed by atoms with Crippen molar-refractivity contribution in [3.8, 4) is 0 Å². The average Bonchev–Trinajstić information content (AvgIpc) is 2.89. The van der Waals surface area contributed by atoms with Crippen LogP contribution in [0.1, 0.15) is 25.0 Å². The van der Waals surface area contributed by atoms with E-state index in [1.807, 2.05) is 13.8 Å². The molecule has 6 nitrogen and oxygen atoms in total. The number of fused-ring (bicyclic) bond motifs is 1. The lowest BCUT2D eigenvalue weighted by molar-refractivity contribution is -0.123. The van der Waals surface area contributed by atoms with Crippen LogP contribution < -0.4 is 10.0 Å². The Balaban J connectivity index is 1.83. The molecule has 3 rings (SSSR count). The van der Waals surface area contributed by atoms with Gasteiger partial charge in [-0.15, -0.1) is 0 Å². The highest BCUT2D eigenvalue weighted by Crippen LogP contribution is 2.23. The van der Waals surface area contributed by atoms with Gasteiger partial charge in [-0.05, 0) is 24.1 Å². The molecule has 2 aromatic carbocycles. The molecule has 0 aliphatic carbocycles. The highest BCUT2D eigenvalue weighted by atomic mass is 32.2. The van der Waals surface area contributed by atoms with E-state index in [9.17, 15) is 17.6 Å². The minimum atomic E-state index is -3.67. The Hall–Kier alpha value is -2.74.